The van der Waals surface area contributed by atoms with Gasteiger partial charge in [-0.15, -0.1) is 11.3 Å². The molecule has 6 nitrogen and oxygen atoms in total. The molecule has 1 aromatic heterocycles. The molecule has 2 heterocycles. The zero-order valence-corrected chi connectivity index (χ0v) is 14.8. The van der Waals surface area contributed by atoms with E-state index in [1.807, 2.05) is 5.38 Å². The molecule has 140 valence electrons. The minimum Gasteiger partial charge on any atom is -0.363 e. The number of benzene rings is 1. The van der Waals surface area contributed by atoms with Crippen molar-refractivity contribution in [2.75, 3.05) is 31.1 Å². The lowest BCUT2D eigenvalue weighted by molar-refractivity contribution is -0.384. The molecule has 0 spiro atoms. The first-order valence-electron chi connectivity index (χ1n) is 8.01. The summed E-state index contributed by atoms with van der Waals surface area (Å²) in [7, 11) is 0. The van der Waals surface area contributed by atoms with Crippen LogP contribution < -0.4 is 4.90 Å². The highest BCUT2D eigenvalue weighted by molar-refractivity contribution is 7.09. The van der Waals surface area contributed by atoms with Crippen molar-refractivity contribution in [1.82, 2.24) is 9.88 Å². The zero-order chi connectivity index (χ0) is 18.9. The maximum atomic E-state index is 12.8. The molecule has 1 atom stereocenters. The van der Waals surface area contributed by atoms with E-state index >= 15 is 0 Å². The van der Waals surface area contributed by atoms with Gasteiger partial charge >= 0.3 is 6.18 Å². The zero-order valence-electron chi connectivity index (χ0n) is 13.9. The van der Waals surface area contributed by atoms with Gasteiger partial charge in [0, 0.05) is 43.8 Å². The minimum absolute atomic E-state index is 0.139. The van der Waals surface area contributed by atoms with E-state index in [4.69, 9.17) is 0 Å². The lowest BCUT2D eigenvalue weighted by Crippen LogP contribution is -2.47. The van der Waals surface area contributed by atoms with Crippen LogP contribution in [0.1, 0.15) is 23.5 Å². The van der Waals surface area contributed by atoms with Gasteiger partial charge in [0.1, 0.15) is 10.7 Å². The molecule has 0 bridgehead atoms. The predicted molar refractivity (Wildman–Crippen MR) is 92.4 cm³/mol. The number of aromatic nitrogens is 1. The Labute approximate surface area is 152 Å². The molecule has 1 aliphatic heterocycles. The second-order valence-electron chi connectivity index (χ2n) is 6.03. The number of rotatable bonds is 4. The van der Waals surface area contributed by atoms with Crippen molar-refractivity contribution in [2.24, 2.45) is 0 Å². The summed E-state index contributed by atoms with van der Waals surface area (Å²) >= 11 is 1.57. The van der Waals surface area contributed by atoms with Gasteiger partial charge in [-0.2, -0.15) is 13.2 Å². The molecule has 1 aliphatic rings. The van der Waals surface area contributed by atoms with Crippen LogP contribution >= 0.6 is 11.3 Å². The van der Waals surface area contributed by atoms with Gasteiger partial charge in [0.2, 0.25) is 0 Å². The highest BCUT2D eigenvalue weighted by Gasteiger charge is 2.34. The Morgan fingerprint density at radius 1 is 1.27 bits per heavy atom. The molecule has 26 heavy (non-hydrogen) atoms. The molecule has 0 saturated carbocycles. The Morgan fingerprint density at radius 3 is 2.50 bits per heavy atom. The Kier molecular flexibility index (Phi) is 5.15. The van der Waals surface area contributed by atoms with Crippen molar-refractivity contribution < 1.29 is 18.1 Å². The average molecular weight is 386 g/mol. The van der Waals surface area contributed by atoms with Gasteiger partial charge in [-0.3, -0.25) is 15.0 Å². The third-order valence-electron chi connectivity index (χ3n) is 4.51. The Balaban J connectivity index is 1.76. The number of nitro groups is 1. The van der Waals surface area contributed by atoms with E-state index in [1.54, 1.807) is 22.4 Å². The molecular formula is C16H17F3N4O2S. The van der Waals surface area contributed by atoms with E-state index in [9.17, 15) is 23.3 Å². The lowest BCUT2D eigenvalue weighted by atomic mass is 10.1. The molecule has 1 aromatic carbocycles. The SMILES string of the molecule is CC(c1nccs1)N1CCN(c2ccc(C(F)(F)F)cc2[N+](=O)[O-])CC1. The molecule has 0 amide bonds. The van der Waals surface area contributed by atoms with Crippen LogP contribution in [-0.2, 0) is 6.18 Å². The predicted octanol–water partition coefficient (Wildman–Crippen LogP) is 3.95. The highest BCUT2D eigenvalue weighted by Crippen LogP contribution is 2.37. The van der Waals surface area contributed by atoms with Crippen molar-refractivity contribution in [2.45, 2.75) is 19.1 Å². The first kappa shape index (κ1) is 18.6. The van der Waals surface area contributed by atoms with Crippen LogP contribution in [0.3, 0.4) is 0 Å². The summed E-state index contributed by atoms with van der Waals surface area (Å²) in [5.41, 5.74) is -1.30. The number of hydrogen-bond donors (Lipinski definition) is 0. The summed E-state index contributed by atoms with van der Waals surface area (Å²) in [5, 5.41) is 14.2. The first-order valence-corrected chi connectivity index (χ1v) is 8.89. The Hall–Kier alpha value is -2.20. The lowest BCUT2D eigenvalue weighted by Gasteiger charge is -2.38. The molecule has 0 N–H and O–H groups in total. The van der Waals surface area contributed by atoms with Crippen molar-refractivity contribution >= 4 is 22.7 Å². The smallest absolute Gasteiger partial charge is 0.363 e. The monoisotopic (exact) mass is 386 g/mol. The highest BCUT2D eigenvalue weighted by atomic mass is 32.1. The topological polar surface area (TPSA) is 62.5 Å². The van der Waals surface area contributed by atoms with E-state index < -0.39 is 22.4 Å². The summed E-state index contributed by atoms with van der Waals surface area (Å²) in [4.78, 5) is 18.8. The Morgan fingerprint density at radius 2 is 1.96 bits per heavy atom. The van der Waals surface area contributed by atoms with E-state index in [-0.39, 0.29) is 11.7 Å². The number of thiazole rings is 1. The molecule has 3 rings (SSSR count). The number of anilines is 1. The van der Waals surface area contributed by atoms with Crippen molar-refractivity contribution in [3.05, 3.63) is 50.5 Å². The fourth-order valence-electron chi connectivity index (χ4n) is 3.06. The second-order valence-corrected chi connectivity index (χ2v) is 6.95. The average Bonchev–Trinajstić information content (AvgIpc) is 3.14. The number of halogens is 3. The summed E-state index contributed by atoms with van der Waals surface area (Å²) in [6, 6.07) is 2.84. The van der Waals surface area contributed by atoms with Gasteiger partial charge in [0.15, 0.2) is 0 Å². The maximum absolute atomic E-state index is 12.8. The van der Waals surface area contributed by atoms with E-state index in [0.717, 1.165) is 11.1 Å². The van der Waals surface area contributed by atoms with E-state index in [0.29, 0.717) is 32.2 Å². The molecular weight excluding hydrogens is 369 g/mol. The fraction of sp³-hybridized carbons (Fsp3) is 0.438. The van der Waals surface area contributed by atoms with Gasteiger partial charge in [-0.25, -0.2) is 4.98 Å². The number of nitro benzene ring substituents is 1. The molecule has 1 fully saturated rings. The maximum Gasteiger partial charge on any atom is 0.416 e. The summed E-state index contributed by atoms with van der Waals surface area (Å²) < 4.78 is 38.5. The quantitative estimate of drug-likeness (QED) is 0.588. The first-order chi connectivity index (χ1) is 12.3. The van der Waals surface area contributed by atoms with Gasteiger partial charge in [-0.05, 0) is 19.1 Å². The number of piperazine rings is 1. The van der Waals surface area contributed by atoms with Crippen molar-refractivity contribution in [1.29, 1.82) is 0 Å². The van der Waals surface area contributed by atoms with E-state index in [1.165, 1.54) is 6.07 Å². The second kappa shape index (κ2) is 7.20. The summed E-state index contributed by atoms with van der Waals surface area (Å²) in [6.45, 7) is 4.36. The van der Waals surface area contributed by atoms with Crippen LogP contribution in [0.5, 0.6) is 0 Å². The summed E-state index contributed by atoms with van der Waals surface area (Å²) in [6.07, 6.45) is -2.86. The minimum atomic E-state index is -4.61. The van der Waals surface area contributed by atoms with Crippen molar-refractivity contribution in [3.8, 4) is 0 Å². The van der Waals surface area contributed by atoms with Crippen LogP contribution in [0.4, 0.5) is 24.5 Å². The molecule has 0 radical (unpaired) electrons. The van der Waals surface area contributed by atoms with Gasteiger partial charge in [0.25, 0.3) is 5.69 Å². The standard InChI is InChI=1S/C16H17F3N4O2S/c1-11(15-20-4-9-26-15)21-5-7-22(8-6-21)13-3-2-12(16(17,18)19)10-14(13)23(24)25/h2-4,9-11H,5-8H2,1H3. The van der Waals surface area contributed by atoms with Gasteiger partial charge in [-0.1, -0.05) is 0 Å². The Bertz CT molecular complexity index is 774. The number of nitrogens with zero attached hydrogens (tertiary/aromatic N) is 4. The van der Waals surface area contributed by atoms with Gasteiger partial charge < -0.3 is 4.90 Å². The fourth-order valence-corrected chi connectivity index (χ4v) is 3.79. The van der Waals surface area contributed by atoms with Crippen LogP contribution in [0.15, 0.2) is 29.8 Å². The van der Waals surface area contributed by atoms with Crippen molar-refractivity contribution in [3.63, 3.8) is 0 Å². The largest absolute Gasteiger partial charge is 0.416 e. The molecule has 0 aliphatic carbocycles. The third kappa shape index (κ3) is 3.80. The third-order valence-corrected chi connectivity index (χ3v) is 5.46. The van der Waals surface area contributed by atoms with Crippen LogP contribution in [-0.4, -0.2) is 41.0 Å². The van der Waals surface area contributed by atoms with E-state index in [2.05, 4.69) is 16.8 Å². The normalized spacial score (nSPS) is 17.3. The van der Waals surface area contributed by atoms with Crippen LogP contribution in [0.25, 0.3) is 0 Å². The molecule has 1 saturated heterocycles. The van der Waals surface area contributed by atoms with Crippen LogP contribution in [0.2, 0.25) is 0 Å². The van der Waals surface area contributed by atoms with Crippen LogP contribution in [0, 0.1) is 10.1 Å². The van der Waals surface area contributed by atoms with Gasteiger partial charge in [0.05, 0.1) is 16.5 Å². The molecule has 1 unspecified atom stereocenters. The summed E-state index contributed by atoms with van der Waals surface area (Å²) in [5.74, 6) is 0. The number of hydrogen-bond acceptors (Lipinski definition) is 6. The molecule has 10 heteroatoms. The molecule has 2 aromatic rings. The number of alkyl halides is 3.